The molecule has 0 aliphatic heterocycles. The molecule has 1 rings (SSSR count). The van der Waals surface area contributed by atoms with Gasteiger partial charge >= 0.3 is 0 Å². The number of benzene rings is 1. The predicted octanol–water partition coefficient (Wildman–Crippen LogP) is 1.59. The maximum atomic E-state index is 12.0. The number of rotatable bonds is 4. The fourth-order valence-corrected chi connectivity index (χ4v) is 2.85. The molecule has 9 nitrogen and oxygen atoms in total. The zero-order chi connectivity index (χ0) is 15.7. The molecule has 0 amide bonds. The summed E-state index contributed by atoms with van der Waals surface area (Å²) in [5.41, 5.74) is -2.40. The van der Waals surface area contributed by atoms with Crippen LogP contribution in [0.15, 0.2) is 23.1 Å². The Morgan fingerprint density at radius 1 is 1.10 bits per heavy atom. The Morgan fingerprint density at radius 2 is 1.65 bits per heavy atom. The molecule has 0 N–H and O–H groups in total. The minimum atomic E-state index is -4.28. The molecule has 20 heavy (non-hydrogen) atoms. The van der Waals surface area contributed by atoms with Gasteiger partial charge in [0, 0.05) is 11.6 Å². The average molecular weight is 302 g/mol. The molecular formula is C10H12N3O6S. The van der Waals surface area contributed by atoms with E-state index in [1.165, 1.54) is 20.8 Å². The van der Waals surface area contributed by atoms with Crippen molar-refractivity contribution in [1.82, 2.24) is 4.72 Å². The number of sulfonamides is 1. The van der Waals surface area contributed by atoms with Gasteiger partial charge < -0.3 is 0 Å². The van der Waals surface area contributed by atoms with Crippen molar-refractivity contribution >= 4 is 21.4 Å². The summed E-state index contributed by atoms with van der Waals surface area (Å²) in [5.74, 6) is 0. The zero-order valence-corrected chi connectivity index (χ0v) is 11.7. The summed E-state index contributed by atoms with van der Waals surface area (Å²) in [7, 11) is -4.28. The molecule has 0 aromatic heterocycles. The third-order valence-electron chi connectivity index (χ3n) is 2.02. The first kappa shape index (κ1) is 16.0. The quantitative estimate of drug-likeness (QED) is 0.612. The topological polar surface area (TPSA) is 135 Å². The number of nitro benzene ring substituents is 2. The highest BCUT2D eigenvalue weighted by atomic mass is 32.2. The van der Waals surface area contributed by atoms with Crippen molar-refractivity contribution in [3.8, 4) is 0 Å². The number of nitro groups is 2. The van der Waals surface area contributed by atoms with Crippen LogP contribution in [0.5, 0.6) is 0 Å². The summed E-state index contributed by atoms with van der Waals surface area (Å²) in [4.78, 5) is 19.0. The lowest BCUT2D eigenvalue weighted by Crippen LogP contribution is -2.34. The molecule has 0 atom stereocenters. The maximum Gasteiger partial charge on any atom is 0.296 e. The van der Waals surface area contributed by atoms with Crippen molar-refractivity contribution < 1.29 is 18.3 Å². The van der Waals surface area contributed by atoms with E-state index in [4.69, 9.17) is 0 Å². The molecule has 0 spiro atoms. The molecule has 0 aliphatic rings. The van der Waals surface area contributed by atoms with Crippen molar-refractivity contribution in [2.45, 2.75) is 31.2 Å². The van der Waals surface area contributed by atoms with Crippen LogP contribution in [0.2, 0.25) is 0 Å². The molecule has 0 bridgehead atoms. The number of hydrogen-bond acceptors (Lipinski definition) is 6. The van der Waals surface area contributed by atoms with Crippen LogP contribution in [-0.2, 0) is 10.0 Å². The van der Waals surface area contributed by atoms with Crippen LogP contribution in [0.25, 0.3) is 0 Å². The van der Waals surface area contributed by atoms with E-state index in [1.807, 2.05) is 0 Å². The largest absolute Gasteiger partial charge is 0.296 e. The van der Waals surface area contributed by atoms with E-state index in [0.29, 0.717) is 6.07 Å². The highest BCUT2D eigenvalue weighted by Gasteiger charge is 2.32. The van der Waals surface area contributed by atoms with Gasteiger partial charge in [0.25, 0.3) is 21.4 Å². The smallest absolute Gasteiger partial charge is 0.258 e. The van der Waals surface area contributed by atoms with Gasteiger partial charge in [-0.1, -0.05) is 0 Å². The normalized spacial score (nSPS) is 12.2. The number of nitrogens with zero attached hydrogens (tertiary/aromatic N) is 3. The second-order valence-corrected chi connectivity index (χ2v) is 6.48. The van der Waals surface area contributed by atoms with Crippen molar-refractivity contribution in [3.63, 3.8) is 0 Å². The van der Waals surface area contributed by atoms with E-state index in [-0.39, 0.29) is 0 Å². The molecule has 0 saturated carbocycles. The average Bonchev–Trinajstić information content (AvgIpc) is 2.24. The Labute approximate surface area is 115 Å². The summed E-state index contributed by atoms with van der Waals surface area (Å²) in [6.45, 7) is 4.55. The summed E-state index contributed by atoms with van der Waals surface area (Å²) < 4.78 is 27.6. The molecule has 0 heterocycles. The van der Waals surface area contributed by atoms with Gasteiger partial charge in [-0.15, -0.1) is 4.72 Å². The van der Waals surface area contributed by atoms with E-state index < -0.39 is 41.7 Å². The number of non-ortho nitro benzene ring substituents is 1. The molecule has 10 heteroatoms. The van der Waals surface area contributed by atoms with E-state index in [2.05, 4.69) is 4.72 Å². The lowest BCUT2D eigenvalue weighted by molar-refractivity contribution is -0.396. The standard InChI is InChI=1S/C10H12N3O6S/c1-10(2,3)11-20(18,19)9-5-4-7(12(14)15)6-8(9)13(16)17/h4-6H,1-3H3. The lowest BCUT2D eigenvalue weighted by Gasteiger charge is -2.17. The van der Waals surface area contributed by atoms with Crippen LogP contribution in [-0.4, -0.2) is 23.8 Å². The van der Waals surface area contributed by atoms with Gasteiger partial charge in [0.2, 0.25) is 0 Å². The first-order valence-electron chi connectivity index (χ1n) is 5.36. The molecular weight excluding hydrogens is 290 g/mol. The third kappa shape index (κ3) is 3.71. The Balaban J connectivity index is 3.46. The monoisotopic (exact) mass is 302 g/mol. The van der Waals surface area contributed by atoms with Crippen LogP contribution in [0.4, 0.5) is 11.4 Å². The van der Waals surface area contributed by atoms with E-state index >= 15 is 0 Å². The van der Waals surface area contributed by atoms with Crippen LogP contribution >= 0.6 is 0 Å². The summed E-state index contributed by atoms with van der Waals surface area (Å²) in [6, 6.07) is 2.31. The van der Waals surface area contributed by atoms with Crippen LogP contribution in [0.1, 0.15) is 20.8 Å². The fraction of sp³-hybridized carbons (Fsp3) is 0.400. The van der Waals surface area contributed by atoms with Gasteiger partial charge in [0.1, 0.15) is 0 Å². The van der Waals surface area contributed by atoms with Gasteiger partial charge in [-0.25, -0.2) is 8.42 Å². The summed E-state index contributed by atoms with van der Waals surface area (Å²) in [5, 5.41) is 21.5. The second-order valence-electron chi connectivity index (χ2n) is 4.90. The maximum absolute atomic E-state index is 12.0. The molecule has 0 unspecified atom stereocenters. The fourth-order valence-electron chi connectivity index (χ4n) is 1.39. The molecule has 0 fully saturated rings. The highest BCUT2D eigenvalue weighted by Crippen LogP contribution is 2.29. The lowest BCUT2D eigenvalue weighted by atomic mass is 10.1. The van der Waals surface area contributed by atoms with Crippen LogP contribution in [0.3, 0.4) is 0 Å². The predicted molar refractivity (Wildman–Crippen MR) is 68.8 cm³/mol. The van der Waals surface area contributed by atoms with E-state index in [9.17, 15) is 28.6 Å². The molecule has 1 aromatic carbocycles. The third-order valence-corrected chi connectivity index (χ3v) is 3.71. The minimum Gasteiger partial charge on any atom is -0.258 e. The first-order valence-corrected chi connectivity index (χ1v) is 6.80. The Kier molecular flexibility index (Phi) is 4.10. The van der Waals surface area contributed by atoms with Crippen LogP contribution < -0.4 is 4.72 Å². The molecule has 0 aliphatic carbocycles. The van der Waals surface area contributed by atoms with Gasteiger partial charge in [-0.2, -0.15) is 0 Å². The first-order chi connectivity index (χ1) is 8.94. The molecule has 0 saturated heterocycles. The van der Waals surface area contributed by atoms with Crippen molar-refractivity contribution in [1.29, 1.82) is 0 Å². The van der Waals surface area contributed by atoms with Gasteiger partial charge in [-0.3, -0.25) is 20.2 Å². The Morgan fingerprint density at radius 3 is 2.05 bits per heavy atom. The number of hydrogen-bond donors (Lipinski definition) is 0. The molecule has 109 valence electrons. The van der Waals surface area contributed by atoms with E-state index in [0.717, 1.165) is 12.1 Å². The second kappa shape index (κ2) is 5.13. The highest BCUT2D eigenvalue weighted by molar-refractivity contribution is 7.89. The van der Waals surface area contributed by atoms with Gasteiger partial charge in [0.15, 0.2) is 4.90 Å². The Bertz CT molecular complexity index is 662. The van der Waals surface area contributed by atoms with Crippen molar-refractivity contribution in [2.24, 2.45) is 0 Å². The van der Waals surface area contributed by atoms with Crippen molar-refractivity contribution in [2.75, 3.05) is 0 Å². The summed E-state index contributed by atoms with van der Waals surface area (Å²) >= 11 is 0. The molecule has 1 radical (unpaired) electrons. The zero-order valence-electron chi connectivity index (χ0n) is 10.9. The SMILES string of the molecule is CC(C)(C)[N]S(=O)(=O)c1ccc([N+](=O)[O-])cc1[N+](=O)[O-]. The molecule has 1 aromatic rings. The van der Waals surface area contributed by atoms with Gasteiger partial charge in [0.05, 0.1) is 15.9 Å². The minimum absolute atomic E-state index is 0.564. The van der Waals surface area contributed by atoms with Crippen LogP contribution in [0, 0.1) is 20.2 Å². The van der Waals surface area contributed by atoms with E-state index in [1.54, 1.807) is 0 Å². The Hall–Kier alpha value is -2.07. The van der Waals surface area contributed by atoms with Gasteiger partial charge in [-0.05, 0) is 26.8 Å². The summed E-state index contributed by atoms with van der Waals surface area (Å²) in [6.07, 6.45) is 0. The van der Waals surface area contributed by atoms with Crippen molar-refractivity contribution in [3.05, 3.63) is 38.4 Å².